The number of carbonyl (C=O) groups is 1. The lowest BCUT2D eigenvalue weighted by Gasteiger charge is -2.29. The molecule has 1 aliphatic rings. The molecule has 0 aliphatic carbocycles. The van der Waals surface area contributed by atoms with Gasteiger partial charge in [0, 0.05) is 18.3 Å². The third-order valence-corrected chi connectivity index (χ3v) is 3.59. The fourth-order valence-corrected chi connectivity index (χ4v) is 2.62. The second-order valence-electron chi connectivity index (χ2n) is 4.70. The molecule has 0 bridgehead atoms. The summed E-state index contributed by atoms with van der Waals surface area (Å²) < 4.78 is 13.4. The van der Waals surface area contributed by atoms with Crippen molar-refractivity contribution in [3.8, 4) is 0 Å². The average Bonchev–Trinajstić information content (AvgIpc) is 2.46. The summed E-state index contributed by atoms with van der Waals surface area (Å²) in [6, 6.07) is 7.72. The van der Waals surface area contributed by atoms with Gasteiger partial charge < -0.3 is 4.90 Å². The molecule has 0 atom stereocenters. The van der Waals surface area contributed by atoms with Gasteiger partial charge in [-0.2, -0.15) is 0 Å². The van der Waals surface area contributed by atoms with Crippen LogP contribution in [0.15, 0.2) is 36.5 Å². The molecule has 0 spiro atoms. The molecular formula is C15H12ClFN2O. The Morgan fingerprint density at radius 3 is 2.95 bits per heavy atom. The average molecular weight is 291 g/mol. The molecule has 1 amide bonds. The molecule has 102 valence electrons. The van der Waals surface area contributed by atoms with Crippen LogP contribution in [0.4, 0.5) is 10.1 Å². The molecule has 0 saturated heterocycles. The van der Waals surface area contributed by atoms with Crippen molar-refractivity contribution in [1.82, 2.24) is 4.98 Å². The summed E-state index contributed by atoms with van der Waals surface area (Å²) in [5.74, 6) is -0.517. The summed E-state index contributed by atoms with van der Waals surface area (Å²) >= 11 is 5.81. The molecule has 2 heterocycles. The Kier molecular flexibility index (Phi) is 3.40. The standard InChI is InChI=1S/C15H12ClFN2O/c16-14-8-11(5-6-18-14)15(20)19-7-1-2-10-3-4-12(17)9-13(10)19/h3-6,8-9H,1-2,7H2. The van der Waals surface area contributed by atoms with Crippen LogP contribution < -0.4 is 4.90 Å². The van der Waals surface area contributed by atoms with Crippen LogP contribution in [-0.2, 0) is 6.42 Å². The van der Waals surface area contributed by atoms with Crippen LogP contribution in [-0.4, -0.2) is 17.4 Å². The first-order chi connectivity index (χ1) is 9.65. The van der Waals surface area contributed by atoms with Crippen molar-refractivity contribution in [1.29, 1.82) is 0 Å². The molecule has 0 radical (unpaired) electrons. The Balaban J connectivity index is 2.00. The molecule has 0 unspecified atom stereocenters. The minimum Gasteiger partial charge on any atom is -0.308 e. The quantitative estimate of drug-likeness (QED) is 0.754. The van der Waals surface area contributed by atoms with Crippen LogP contribution in [0.5, 0.6) is 0 Å². The zero-order chi connectivity index (χ0) is 14.1. The smallest absolute Gasteiger partial charge is 0.258 e. The van der Waals surface area contributed by atoms with E-state index < -0.39 is 0 Å². The van der Waals surface area contributed by atoms with Crippen molar-refractivity contribution >= 4 is 23.2 Å². The summed E-state index contributed by atoms with van der Waals surface area (Å²) in [7, 11) is 0. The highest BCUT2D eigenvalue weighted by Crippen LogP contribution is 2.29. The van der Waals surface area contributed by atoms with Crippen LogP contribution in [0.3, 0.4) is 0 Å². The number of rotatable bonds is 1. The van der Waals surface area contributed by atoms with Gasteiger partial charge in [-0.1, -0.05) is 17.7 Å². The molecule has 1 aliphatic heterocycles. The molecule has 1 aromatic carbocycles. The maximum absolute atomic E-state index is 13.4. The number of halogens is 2. The zero-order valence-corrected chi connectivity index (χ0v) is 11.4. The predicted molar refractivity (Wildman–Crippen MR) is 75.6 cm³/mol. The number of aryl methyl sites for hydroxylation is 1. The lowest BCUT2D eigenvalue weighted by molar-refractivity contribution is 0.0985. The fraction of sp³-hybridized carbons (Fsp3) is 0.200. The Morgan fingerprint density at radius 1 is 1.30 bits per heavy atom. The van der Waals surface area contributed by atoms with E-state index in [-0.39, 0.29) is 16.9 Å². The van der Waals surface area contributed by atoms with Crippen molar-refractivity contribution in [3.63, 3.8) is 0 Å². The predicted octanol–water partition coefficient (Wildman–Crippen LogP) is 3.47. The van der Waals surface area contributed by atoms with Crippen LogP contribution in [0.1, 0.15) is 22.3 Å². The van der Waals surface area contributed by atoms with Gasteiger partial charge in [-0.25, -0.2) is 9.37 Å². The summed E-state index contributed by atoms with van der Waals surface area (Å²) in [5, 5.41) is 0.271. The van der Waals surface area contributed by atoms with Gasteiger partial charge in [0.1, 0.15) is 11.0 Å². The SMILES string of the molecule is O=C(c1ccnc(Cl)c1)N1CCCc2ccc(F)cc21. The van der Waals surface area contributed by atoms with Crippen LogP contribution in [0.25, 0.3) is 0 Å². The number of pyridine rings is 1. The van der Waals surface area contributed by atoms with Gasteiger partial charge in [0.05, 0.1) is 5.69 Å². The van der Waals surface area contributed by atoms with E-state index in [0.29, 0.717) is 17.8 Å². The number of carbonyl (C=O) groups excluding carboxylic acids is 1. The molecule has 20 heavy (non-hydrogen) atoms. The third-order valence-electron chi connectivity index (χ3n) is 3.38. The highest BCUT2D eigenvalue weighted by atomic mass is 35.5. The Hall–Kier alpha value is -1.94. The maximum atomic E-state index is 13.4. The van der Waals surface area contributed by atoms with E-state index >= 15 is 0 Å². The van der Waals surface area contributed by atoms with Gasteiger partial charge in [0.15, 0.2) is 0 Å². The van der Waals surface area contributed by atoms with Gasteiger partial charge in [-0.3, -0.25) is 4.79 Å². The number of aromatic nitrogens is 1. The summed E-state index contributed by atoms with van der Waals surface area (Å²) in [6.45, 7) is 0.579. The number of hydrogen-bond acceptors (Lipinski definition) is 2. The summed E-state index contributed by atoms with van der Waals surface area (Å²) in [4.78, 5) is 18.0. The molecule has 3 nitrogen and oxygen atoms in total. The number of benzene rings is 1. The topological polar surface area (TPSA) is 33.2 Å². The van der Waals surface area contributed by atoms with Crippen LogP contribution in [0, 0.1) is 5.82 Å². The number of fused-ring (bicyclic) bond motifs is 1. The zero-order valence-electron chi connectivity index (χ0n) is 10.6. The molecular weight excluding hydrogens is 279 g/mol. The minimum atomic E-state index is -0.337. The van der Waals surface area contributed by atoms with Crippen molar-refractivity contribution in [2.24, 2.45) is 0 Å². The Bertz CT molecular complexity index is 675. The van der Waals surface area contributed by atoms with Gasteiger partial charge in [-0.15, -0.1) is 0 Å². The number of hydrogen-bond donors (Lipinski definition) is 0. The molecule has 3 rings (SSSR count). The Labute approximate surface area is 121 Å². The minimum absolute atomic E-state index is 0.180. The van der Waals surface area contributed by atoms with Gasteiger partial charge in [-0.05, 0) is 42.7 Å². The van der Waals surface area contributed by atoms with Crippen molar-refractivity contribution in [3.05, 3.63) is 58.6 Å². The molecule has 5 heteroatoms. The lowest BCUT2D eigenvalue weighted by atomic mass is 10.0. The second-order valence-corrected chi connectivity index (χ2v) is 5.09. The summed E-state index contributed by atoms with van der Waals surface area (Å²) in [5.41, 5.74) is 2.10. The van der Waals surface area contributed by atoms with E-state index in [9.17, 15) is 9.18 Å². The van der Waals surface area contributed by atoms with Gasteiger partial charge in [0.2, 0.25) is 0 Å². The lowest BCUT2D eigenvalue weighted by Crippen LogP contribution is -2.35. The van der Waals surface area contributed by atoms with E-state index in [0.717, 1.165) is 18.4 Å². The van der Waals surface area contributed by atoms with Crippen molar-refractivity contribution < 1.29 is 9.18 Å². The first-order valence-electron chi connectivity index (χ1n) is 6.37. The van der Waals surface area contributed by atoms with E-state index in [1.807, 2.05) is 0 Å². The normalized spacial score (nSPS) is 14.0. The van der Waals surface area contributed by atoms with Gasteiger partial charge in [0.25, 0.3) is 5.91 Å². The van der Waals surface area contributed by atoms with Crippen LogP contribution >= 0.6 is 11.6 Å². The third kappa shape index (κ3) is 2.39. The maximum Gasteiger partial charge on any atom is 0.258 e. The van der Waals surface area contributed by atoms with Crippen molar-refractivity contribution in [2.75, 3.05) is 11.4 Å². The van der Waals surface area contributed by atoms with E-state index in [2.05, 4.69) is 4.98 Å². The number of anilines is 1. The molecule has 0 N–H and O–H groups in total. The second kappa shape index (κ2) is 5.21. The van der Waals surface area contributed by atoms with Gasteiger partial charge >= 0.3 is 0 Å². The largest absolute Gasteiger partial charge is 0.308 e. The molecule has 0 saturated carbocycles. The van der Waals surface area contributed by atoms with E-state index in [1.54, 1.807) is 17.0 Å². The van der Waals surface area contributed by atoms with E-state index in [4.69, 9.17) is 11.6 Å². The monoisotopic (exact) mass is 290 g/mol. The van der Waals surface area contributed by atoms with E-state index in [1.165, 1.54) is 24.4 Å². The number of nitrogens with zero attached hydrogens (tertiary/aromatic N) is 2. The first kappa shape index (κ1) is 13.1. The summed E-state index contributed by atoms with van der Waals surface area (Å²) in [6.07, 6.45) is 3.21. The highest BCUT2D eigenvalue weighted by Gasteiger charge is 2.24. The first-order valence-corrected chi connectivity index (χ1v) is 6.75. The van der Waals surface area contributed by atoms with Crippen molar-refractivity contribution in [2.45, 2.75) is 12.8 Å². The molecule has 1 aromatic heterocycles. The van der Waals surface area contributed by atoms with Crippen LogP contribution in [0.2, 0.25) is 5.15 Å². The fourth-order valence-electron chi connectivity index (χ4n) is 2.45. The highest BCUT2D eigenvalue weighted by molar-refractivity contribution is 6.29. The number of amides is 1. The molecule has 0 fully saturated rings. The molecule has 2 aromatic rings. The Morgan fingerprint density at radius 2 is 2.15 bits per heavy atom.